The van der Waals surface area contributed by atoms with Gasteiger partial charge in [-0.1, -0.05) is 19.2 Å². The third-order valence-corrected chi connectivity index (χ3v) is 1.19. The fourth-order valence-electron chi connectivity index (χ4n) is 0.674. The Balaban J connectivity index is 2.91. The Labute approximate surface area is 54.3 Å². The Morgan fingerprint density at radius 3 is 2.56 bits per heavy atom. The summed E-state index contributed by atoms with van der Waals surface area (Å²) in [6, 6.07) is 0. The van der Waals surface area contributed by atoms with Gasteiger partial charge in [0.25, 0.3) is 0 Å². The first-order valence-corrected chi connectivity index (χ1v) is 2.74. The summed E-state index contributed by atoms with van der Waals surface area (Å²) < 4.78 is 0. The Bertz CT molecular complexity index is 199. The monoisotopic (exact) mass is 120 g/mol. The van der Waals surface area contributed by atoms with Gasteiger partial charge in [-0.15, -0.1) is 0 Å². The molecule has 9 heavy (non-hydrogen) atoms. The van der Waals surface area contributed by atoms with E-state index in [1.54, 1.807) is 12.2 Å². The maximum absolute atomic E-state index is 3.82. The summed E-state index contributed by atoms with van der Waals surface area (Å²) >= 11 is 0. The highest BCUT2D eigenvalue weighted by atomic mass is 15.1. The highest BCUT2D eigenvalue weighted by molar-refractivity contribution is 5.33. The predicted octanol–water partition coefficient (Wildman–Crippen LogP) is 2.08. The lowest BCUT2D eigenvalue weighted by Gasteiger charge is -1.87. The summed E-state index contributed by atoms with van der Waals surface area (Å²) in [7, 11) is 0. The predicted molar refractivity (Wildman–Crippen MR) is 37.1 cm³/mol. The molecule has 0 amide bonds. The van der Waals surface area contributed by atoms with Gasteiger partial charge in [0.05, 0.1) is 12.2 Å². The van der Waals surface area contributed by atoms with Crippen molar-refractivity contribution < 1.29 is 0 Å². The molecule has 0 fully saturated rings. The van der Waals surface area contributed by atoms with Crippen molar-refractivity contribution in [2.45, 2.75) is 0 Å². The van der Waals surface area contributed by atoms with Crippen LogP contribution in [0.2, 0.25) is 0 Å². The van der Waals surface area contributed by atoms with E-state index in [1.807, 2.05) is 0 Å². The summed E-state index contributed by atoms with van der Waals surface area (Å²) in [6.45, 7) is 7.85. The van der Waals surface area contributed by atoms with Gasteiger partial charge in [-0.05, 0) is 6.08 Å². The van der Waals surface area contributed by atoms with E-state index in [4.69, 9.17) is 0 Å². The zero-order valence-electron chi connectivity index (χ0n) is 5.17. The molecule has 0 N–H and O–H groups in total. The van der Waals surface area contributed by atoms with E-state index < -0.39 is 0 Å². The molecule has 0 saturated heterocycles. The molecule has 0 unspecified atom stereocenters. The molecule has 0 aromatic heterocycles. The lowest BCUT2D eigenvalue weighted by Crippen LogP contribution is -1.78. The van der Waals surface area contributed by atoms with E-state index in [0.29, 0.717) is 6.54 Å². The number of azo groups is 1. The average molecular weight is 120 g/mol. The van der Waals surface area contributed by atoms with Gasteiger partial charge in [0.15, 0.2) is 0 Å². The molecule has 1 rings (SSSR count). The first-order chi connectivity index (χ1) is 4.38. The van der Waals surface area contributed by atoms with Crippen LogP contribution < -0.4 is 0 Å². The smallest absolute Gasteiger partial charge is 0.0897 e. The van der Waals surface area contributed by atoms with Crippen LogP contribution in [0, 0.1) is 0 Å². The first-order valence-electron chi connectivity index (χ1n) is 2.74. The molecule has 2 nitrogen and oxygen atoms in total. The quantitative estimate of drug-likeness (QED) is 0.533. The van der Waals surface area contributed by atoms with Crippen molar-refractivity contribution in [3.63, 3.8) is 0 Å². The van der Waals surface area contributed by atoms with E-state index in [0.717, 1.165) is 11.3 Å². The average Bonchev–Trinajstić information content (AvgIpc) is 2.33. The maximum Gasteiger partial charge on any atom is 0.0897 e. The van der Waals surface area contributed by atoms with Crippen LogP contribution in [-0.2, 0) is 0 Å². The fourth-order valence-corrected chi connectivity index (χ4v) is 0.674. The molecule has 1 heterocycles. The maximum atomic E-state index is 3.82. The normalized spacial score (nSPS) is 16.4. The van der Waals surface area contributed by atoms with Gasteiger partial charge in [0, 0.05) is 5.57 Å². The molecule has 0 aromatic carbocycles. The second-order valence-corrected chi connectivity index (χ2v) is 1.72. The number of rotatable bonds is 2. The minimum absolute atomic E-state index is 0.658. The third-order valence-electron chi connectivity index (χ3n) is 1.19. The summed E-state index contributed by atoms with van der Waals surface area (Å²) in [5.41, 5.74) is 1.91. The summed E-state index contributed by atoms with van der Waals surface area (Å²) in [4.78, 5) is 0. The second-order valence-electron chi connectivity index (χ2n) is 1.72. The van der Waals surface area contributed by atoms with Crippen LogP contribution in [0.15, 0.2) is 46.8 Å². The molecular weight excluding hydrogens is 112 g/mol. The van der Waals surface area contributed by atoms with Crippen molar-refractivity contribution in [2.24, 2.45) is 10.2 Å². The van der Waals surface area contributed by atoms with Gasteiger partial charge in [0.1, 0.15) is 0 Å². The Kier molecular flexibility index (Phi) is 1.58. The first kappa shape index (κ1) is 5.95. The van der Waals surface area contributed by atoms with Crippen molar-refractivity contribution in [3.8, 4) is 0 Å². The minimum Gasteiger partial charge on any atom is -0.184 e. The number of allylic oxidation sites excluding steroid dienone is 1. The molecule has 0 spiro atoms. The minimum atomic E-state index is 0.658. The lowest BCUT2D eigenvalue weighted by molar-refractivity contribution is 1.11. The molecule has 0 aromatic rings. The van der Waals surface area contributed by atoms with Gasteiger partial charge >= 0.3 is 0 Å². The van der Waals surface area contributed by atoms with Crippen LogP contribution in [0.4, 0.5) is 0 Å². The highest BCUT2D eigenvalue weighted by Gasteiger charge is 2.03. The largest absolute Gasteiger partial charge is 0.184 e. The van der Waals surface area contributed by atoms with E-state index >= 15 is 0 Å². The highest BCUT2D eigenvalue weighted by Crippen LogP contribution is 2.15. The van der Waals surface area contributed by atoms with E-state index in [2.05, 4.69) is 23.4 Å². The molecule has 1 aliphatic rings. The van der Waals surface area contributed by atoms with Gasteiger partial charge in [0.2, 0.25) is 0 Å². The van der Waals surface area contributed by atoms with Gasteiger partial charge in [-0.25, -0.2) is 0 Å². The Hall–Kier alpha value is -1.18. The van der Waals surface area contributed by atoms with Crippen LogP contribution in [0.25, 0.3) is 0 Å². The topological polar surface area (TPSA) is 24.7 Å². The van der Waals surface area contributed by atoms with Crippen LogP contribution in [0.5, 0.6) is 0 Å². The van der Waals surface area contributed by atoms with Crippen molar-refractivity contribution in [2.75, 3.05) is 6.54 Å². The summed E-state index contributed by atoms with van der Waals surface area (Å²) in [5.74, 6) is 0. The van der Waals surface area contributed by atoms with Gasteiger partial charge in [-0.2, -0.15) is 10.2 Å². The molecule has 46 valence electrons. The molecular formula is C7H8N2. The standard InChI is InChI=1S/C7H8N2/c1-3-6-5-8-9-7(6)4-2/h3-4H,1-2,5H2. The Morgan fingerprint density at radius 1 is 1.33 bits per heavy atom. The van der Waals surface area contributed by atoms with Crippen LogP contribution in [0.3, 0.4) is 0 Å². The molecule has 0 atom stereocenters. The van der Waals surface area contributed by atoms with Gasteiger partial charge < -0.3 is 0 Å². The molecule has 0 saturated carbocycles. The third kappa shape index (κ3) is 0.964. The zero-order valence-corrected chi connectivity index (χ0v) is 5.17. The number of nitrogens with zero attached hydrogens (tertiary/aromatic N) is 2. The van der Waals surface area contributed by atoms with Crippen molar-refractivity contribution in [3.05, 3.63) is 36.6 Å². The van der Waals surface area contributed by atoms with Crippen LogP contribution >= 0.6 is 0 Å². The molecule has 2 heteroatoms. The van der Waals surface area contributed by atoms with Crippen LogP contribution in [0.1, 0.15) is 0 Å². The van der Waals surface area contributed by atoms with Crippen molar-refractivity contribution in [1.82, 2.24) is 0 Å². The molecule has 0 radical (unpaired) electrons. The Morgan fingerprint density at radius 2 is 2.11 bits per heavy atom. The van der Waals surface area contributed by atoms with E-state index in [1.165, 1.54) is 0 Å². The van der Waals surface area contributed by atoms with Crippen LogP contribution in [-0.4, -0.2) is 6.54 Å². The second kappa shape index (κ2) is 2.40. The number of hydrogen-bond donors (Lipinski definition) is 0. The lowest BCUT2D eigenvalue weighted by atomic mass is 10.2. The molecule has 0 bridgehead atoms. The SMILES string of the molecule is C=CC1=C(C=C)N=NC1. The summed E-state index contributed by atoms with van der Waals surface area (Å²) in [6.07, 6.45) is 3.45. The number of hydrogen-bond acceptors (Lipinski definition) is 2. The summed E-state index contributed by atoms with van der Waals surface area (Å²) in [5, 5.41) is 7.62. The van der Waals surface area contributed by atoms with Gasteiger partial charge in [-0.3, -0.25) is 0 Å². The molecule has 1 aliphatic heterocycles. The van der Waals surface area contributed by atoms with Crippen molar-refractivity contribution in [1.29, 1.82) is 0 Å². The molecule has 0 aliphatic carbocycles. The van der Waals surface area contributed by atoms with Crippen molar-refractivity contribution >= 4 is 0 Å². The fraction of sp³-hybridized carbons (Fsp3) is 0.143. The zero-order chi connectivity index (χ0) is 6.69. The van der Waals surface area contributed by atoms with E-state index in [-0.39, 0.29) is 0 Å². The van der Waals surface area contributed by atoms with E-state index in [9.17, 15) is 0 Å².